The summed E-state index contributed by atoms with van der Waals surface area (Å²) in [5, 5.41) is -0.0999. The Labute approximate surface area is 151 Å². The lowest BCUT2D eigenvalue weighted by atomic mass is 10.3. The molecule has 10 heteroatoms. The molecule has 0 saturated heterocycles. The van der Waals surface area contributed by atoms with Crippen molar-refractivity contribution in [2.45, 2.75) is 6.92 Å². The van der Waals surface area contributed by atoms with E-state index in [4.69, 9.17) is 34.8 Å². The van der Waals surface area contributed by atoms with Crippen LogP contribution in [0.25, 0.3) is 0 Å². The highest BCUT2D eigenvalue weighted by Gasteiger charge is 2.16. The summed E-state index contributed by atoms with van der Waals surface area (Å²) in [4.78, 5) is 18.1. The molecular weight excluding hydrogens is 389 g/mol. The van der Waals surface area contributed by atoms with E-state index in [0.717, 1.165) is 6.07 Å². The average molecular weight is 400 g/mol. The van der Waals surface area contributed by atoms with Crippen LogP contribution >= 0.6 is 34.8 Å². The lowest BCUT2D eigenvalue weighted by molar-refractivity contribution is 0.0599. The molecule has 0 spiro atoms. The minimum absolute atomic E-state index is 0.132. The van der Waals surface area contributed by atoms with Gasteiger partial charge in [-0.05, 0) is 24.6 Å². The zero-order valence-electron chi connectivity index (χ0n) is 12.7. The summed E-state index contributed by atoms with van der Waals surface area (Å²) >= 11 is 16.4. The highest BCUT2D eigenvalue weighted by molar-refractivity contribution is 6.33. The number of methoxy groups -OCH3 is 2. The Hall–Kier alpha value is -1.70. The first-order valence-corrected chi connectivity index (χ1v) is 7.31. The Morgan fingerprint density at radius 3 is 2.12 bits per heavy atom. The molecule has 0 bridgehead atoms. The normalized spacial score (nSPS) is 9.83. The quantitative estimate of drug-likeness (QED) is 0.549. The van der Waals surface area contributed by atoms with Gasteiger partial charge < -0.3 is 9.47 Å². The van der Waals surface area contributed by atoms with Gasteiger partial charge in [0.05, 0.1) is 14.2 Å². The number of carbonyl (C=O) groups excluding carboxylic acids is 1. The smallest absolute Gasteiger partial charge is 0.341 e. The fourth-order valence-corrected chi connectivity index (χ4v) is 1.91. The molecule has 2 aromatic heterocycles. The molecule has 0 aliphatic carbocycles. The maximum absolute atomic E-state index is 13.1. The molecule has 24 heavy (non-hydrogen) atoms. The van der Waals surface area contributed by atoms with Gasteiger partial charge in [-0.3, -0.25) is 0 Å². The first-order chi connectivity index (χ1) is 11.2. The van der Waals surface area contributed by atoms with Crippen LogP contribution in [0.3, 0.4) is 0 Å². The van der Waals surface area contributed by atoms with Crippen molar-refractivity contribution in [3.05, 3.63) is 50.4 Å². The van der Waals surface area contributed by atoms with Crippen molar-refractivity contribution in [1.82, 2.24) is 9.97 Å². The van der Waals surface area contributed by atoms with Gasteiger partial charge in [0, 0.05) is 0 Å². The van der Waals surface area contributed by atoms with Crippen molar-refractivity contribution in [3.63, 3.8) is 0 Å². The predicted octanol–water partition coefficient (Wildman–Crippen LogP) is 4.51. The molecule has 0 N–H and O–H groups in total. The molecular formula is C14H11Cl3F2N2O3. The van der Waals surface area contributed by atoms with E-state index < -0.39 is 17.6 Å². The van der Waals surface area contributed by atoms with Gasteiger partial charge in [0.1, 0.15) is 15.9 Å². The van der Waals surface area contributed by atoms with E-state index >= 15 is 0 Å². The van der Waals surface area contributed by atoms with Crippen LogP contribution in [0.2, 0.25) is 15.5 Å². The molecule has 0 atom stereocenters. The number of rotatable bonds is 2. The van der Waals surface area contributed by atoms with Crippen LogP contribution in [-0.4, -0.2) is 30.2 Å². The van der Waals surface area contributed by atoms with Gasteiger partial charge in [-0.1, -0.05) is 34.8 Å². The number of ether oxygens (including phenoxy) is 2. The Morgan fingerprint density at radius 2 is 1.62 bits per heavy atom. The number of esters is 1. The summed E-state index contributed by atoms with van der Waals surface area (Å²) in [5.74, 6) is -2.31. The Morgan fingerprint density at radius 1 is 1.00 bits per heavy atom. The molecule has 0 aliphatic heterocycles. The molecule has 0 saturated carbocycles. The van der Waals surface area contributed by atoms with E-state index in [1.54, 1.807) is 6.92 Å². The third-order valence-electron chi connectivity index (χ3n) is 2.56. The summed E-state index contributed by atoms with van der Waals surface area (Å²) in [5.41, 5.74) is 0.455. The third-order valence-corrected chi connectivity index (χ3v) is 3.49. The fraction of sp³-hybridized carbons (Fsp3) is 0.214. The number of aryl methyl sites for hydroxylation is 1. The molecule has 0 aliphatic rings. The number of hydrogen-bond donors (Lipinski definition) is 0. The SMILES string of the molecule is COC(=O)c1cc(F)c(OC)nc1Cl.Cc1cc(F)c(Cl)nc1Cl. The van der Waals surface area contributed by atoms with Gasteiger partial charge in [0.25, 0.3) is 5.88 Å². The van der Waals surface area contributed by atoms with Crippen molar-refractivity contribution < 1.29 is 23.0 Å². The maximum atomic E-state index is 13.1. The van der Waals surface area contributed by atoms with Crippen LogP contribution in [0.1, 0.15) is 15.9 Å². The second-order valence-corrected chi connectivity index (χ2v) is 5.25. The van der Waals surface area contributed by atoms with Gasteiger partial charge in [-0.2, -0.15) is 4.98 Å². The molecule has 2 aromatic rings. The molecule has 0 unspecified atom stereocenters. The molecule has 5 nitrogen and oxygen atoms in total. The van der Waals surface area contributed by atoms with Crippen molar-refractivity contribution >= 4 is 40.8 Å². The topological polar surface area (TPSA) is 61.3 Å². The standard InChI is InChI=1S/C8H7ClFNO3.C6H4Cl2FN/c1-13-7-5(10)3-4(6(9)11-7)8(12)14-2;1-3-2-4(9)6(8)10-5(3)7/h3H,1-2H3;2H,1H3. The summed E-state index contributed by atoms with van der Waals surface area (Å²) in [6.07, 6.45) is 0. The van der Waals surface area contributed by atoms with Crippen molar-refractivity contribution in [2.24, 2.45) is 0 Å². The van der Waals surface area contributed by atoms with Crippen molar-refractivity contribution in [2.75, 3.05) is 14.2 Å². The Bertz CT molecular complexity index is 710. The molecule has 2 rings (SSSR count). The number of aromatic nitrogens is 2. The summed E-state index contributed by atoms with van der Waals surface area (Å²) < 4.78 is 34.5. The van der Waals surface area contributed by atoms with E-state index in [2.05, 4.69) is 19.4 Å². The number of carbonyl (C=O) groups is 1. The van der Waals surface area contributed by atoms with Crippen molar-refractivity contribution in [3.8, 4) is 5.88 Å². The first-order valence-electron chi connectivity index (χ1n) is 6.17. The van der Waals surface area contributed by atoms with E-state index in [-0.39, 0.29) is 26.9 Å². The zero-order chi connectivity index (χ0) is 18.4. The van der Waals surface area contributed by atoms with E-state index in [0.29, 0.717) is 5.56 Å². The van der Waals surface area contributed by atoms with Crippen LogP contribution in [0.15, 0.2) is 12.1 Å². The number of halogens is 5. The van der Waals surface area contributed by atoms with E-state index in [1.165, 1.54) is 20.3 Å². The molecule has 0 aromatic carbocycles. The van der Waals surface area contributed by atoms with Gasteiger partial charge in [-0.15, -0.1) is 0 Å². The molecule has 0 fully saturated rings. The van der Waals surface area contributed by atoms with Gasteiger partial charge in [-0.25, -0.2) is 18.6 Å². The molecule has 0 amide bonds. The number of nitrogens with zero attached hydrogens (tertiary/aromatic N) is 2. The summed E-state index contributed by atoms with van der Waals surface area (Å²) in [7, 11) is 2.42. The Balaban J connectivity index is 0.000000254. The zero-order valence-corrected chi connectivity index (χ0v) is 14.9. The third kappa shape index (κ3) is 5.15. The molecule has 0 radical (unpaired) electrons. The second-order valence-electron chi connectivity index (χ2n) is 4.18. The average Bonchev–Trinajstić information content (AvgIpc) is 2.54. The van der Waals surface area contributed by atoms with Crippen LogP contribution in [0.4, 0.5) is 8.78 Å². The lowest BCUT2D eigenvalue weighted by Crippen LogP contribution is -2.05. The number of pyridine rings is 2. The fourth-order valence-electron chi connectivity index (χ4n) is 1.38. The van der Waals surface area contributed by atoms with E-state index in [1.807, 2.05) is 0 Å². The van der Waals surface area contributed by atoms with Crippen LogP contribution in [0, 0.1) is 18.6 Å². The van der Waals surface area contributed by atoms with Crippen LogP contribution in [-0.2, 0) is 4.74 Å². The second kappa shape index (κ2) is 8.96. The maximum Gasteiger partial charge on any atom is 0.341 e. The highest BCUT2D eigenvalue weighted by atomic mass is 35.5. The van der Waals surface area contributed by atoms with Gasteiger partial charge in [0.15, 0.2) is 16.8 Å². The minimum Gasteiger partial charge on any atom is -0.479 e. The van der Waals surface area contributed by atoms with Crippen LogP contribution in [0.5, 0.6) is 5.88 Å². The Kier molecular flexibility index (Phi) is 7.59. The number of hydrogen-bond acceptors (Lipinski definition) is 5. The lowest BCUT2D eigenvalue weighted by Gasteiger charge is -2.04. The van der Waals surface area contributed by atoms with Crippen LogP contribution < -0.4 is 4.74 Å². The minimum atomic E-state index is -0.766. The van der Waals surface area contributed by atoms with E-state index in [9.17, 15) is 13.6 Å². The summed E-state index contributed by atoms with van der Waals surface area (Å²) in [6, 6.07) is 2.16. The van der Waals surface area contributed by atoms with Gasteiger partial charge >= 0.3 is 5.97 Å². The molecule has 130 valence electrons. The van der Waals surface area contributed by atoms with Crippen molar-refractivity contribution in [1.29, 1.82) is 0 Å². The molecule has 2 heterocycles. The monoisotopic (exact) mass is 398 g/mol. The summed E-state index contributed by atoms with van der Waals surface area (Å²) in [6.45, 7) is 1.66. The highest BCUT2D eigenvalue weighted by Crippen LogP contribution is 2.22. The largest absolute Gasteiger partial charge is 0.479 e. The van der Waals surface area contributed by atoms with Gasteiger partial charge in [0.2, 0.25) is 0 Å². The first kappa shape index (κ1) is 20.3. The predicted molar refractivity (Wildman–Crippen MR) is 86.0 cm³/mol.